The van der Waals surface area contributed by atoms with Gasteiger partial charge < -0.3 is 51.2 Å². The summed E-state index contributed by atoms with van der Waals surface area (Å²) in [7, 11) is 0. The quantitative estimate of drug-likeness (QED) is 0.0242. The molecule has 1 aliphatic rings. The Bertz CT molecular complexity index is 1510. The molecule has 4 atom stereocenters. The summed E-state index contributed by atoms with van der Waals surface area (Å²) >= 11 is 0. The number of carbonyl (C=O) groups excluding carboxylic acids is 6. The molecule has 9 N–H and O–H groups in total. The highest BCUT2D eigenvalue weighted by Crippen LogP contribution is 2.15. The summed E-state index contributed by atoms with van der Waals surface area (Å²) in [4.78, 5) is 140. The van der Waals surface area contributed by atoms with Crippen molar-refractivity contribution in [3.63, 3.8) is 0 Å². The third-order valence-corrected chi connectivity index (χ3v) is 9.38. The van der Waals surface area contributed by atoms with Crippen molar-refractivity contribution in [2.24, 2.45) is 0 Å². The molecule has 0 aliphatic carbocycles. The van der Waals surface area contributed by atoms with Crippen LogP contribution in [0.1, 0.15) is 141 Å². The first kappa shape index (κ1) is 53.3. The molecule has 61 heavy (non-hydrogen) atoms. The number of hydrogen-bond donors (Lipinski definition) is 9. The van der Waals surface area contributed by atoms with E-state index in [-0.39, 0.29) is 37.4 Å². The number of unbranched alkanes of at least 4 members (excludes halogenated alkanes) is 10. The fraction of sp³-hybridized carbons (Fsp3) is 0.711. The van der Waals surface area contributed by atoms with E-state index >= 15 is 0 Å². The largest absolute Gasteiger partial charge is 0.481 e. The molecule has 0 aromatic rings. The van der Waals surface area contributed by atoms with Crippen molar-refractivity contribution >= 4 is 65.4 Å². The second-order valence-corrected chi connectivity index (χ2v) is 14.5. The Kier molecular flexibility index (Phi) is 26.5. The highest BCUT2D eigenvalue weighted by molar-refractivity contribution is 6.01. The lowest BCUT2D eigenvalue weighted by atomic mass is 10.1. The Morgan fingerprint density at radius 1 is 0.475 bits per heavy atom. The molecule has 0 bridgehead atoms. The minimum absolute atomic E-state index is 0.153. The first-order valence-corrected chi connectivity index (χ1v) is 20.4. The Morgan fingerprint density at radius 2 is 0.820 bits per heavy atom. The van der Waals surface area contributed by atoms with Gasteiger partial charge in [-0.15, -0.1) is 5.06 Å². The number of carbonyl (C=O) groups is 11. The third kappa shape index (κ3) is 24.8. The van der Waals surface area contributed by atoms with Gasteiger partial charge in [0.1, 0.15) is 24.2 Å². The van der Waals surface area contributed by atoms with Crippen LogP contribution in [0.25, 0.3) is 0 Å². The highest BCUT2D eigenvalue weighted by atomic mass is 16.7. The van der Waals surface area contributed by atoms with Crippen LogP contribution in [0.5, 0.6) is 0 Å². The molecule has 0 saturated carbocycles. The van der Waals surface area contributed by atoms with Crippen LogP contribution in [0.2, 0.25) is 0 Å². The van der Waals surface area contributed by atoms with E-state index in [0.717, 1.165) is 57.8 Å². The van der Waals surface area contributed by atoms with Crippen molar-refractivity contribution in [3.05, 3.63) is 0 Å². The molecule has 0 aromatic heterocycles. The molecule has 0 radical (unpaired) electrons. The molecule has 1 fully saturated rings. The number of hydrogen-bond acceptors (Lipinski definition) is 14. The smallest absolute Gasteiger partial charge is 0.333 e. The van der Waals surface area contributed by atoms with E-state index in [9.17, 15) is 73.2 Å². The number of imide groups is 1. The van der Waals surface area contributed by atoms with Gasteiger partial charge in [-0.2, -0.15) is 5.48 Å². The fourth-order valence-electron chi connectivity index (χ4n) is 5.90. The second-order valence-electron chi connectivity index (χ2n) is 14.5. The zero-order valence-electron chi connectivity index (χ0n) is 34.1. The summed E-state index contributed by atoms with van der Waals surface area (Å²) in [5.41, 5.74) is 2.40. The number of rotatable bonds is 36. The number of carboxylic acids is 5. The van der Waals surface area contributed by atoms with E-state index in [1.165, 1.54) is 0 Å². The van der Waals surface area contributed by atoms with Crippen LogP contribution in [0, 0.1) is 0 Å². The maximum absolute atomic E-state index is 12.5. The molecular weight excluding hydrogens is 814 g/mol. The Balaban J connectivity index is 2.38. The van der Waals surface area contributed by atoms with E-state index in [2.05, 4.69) is 26.3 Å². The van der Waals surface area contributed by atoms with E-state index < -0.39 is 134 Å². The lowest BCUT2D eigenvalue weighted by Gasteiger charge is -2.18. The predicted molar refractivity (Wildman–Crippen MR) is 206 cm³/mol. The molecule has 1 rings (SSSR count). The number of aliphatic carboxylic acids is 5. The Morgan fingerprint density at radius 3 is 1.20 bits per heavy atom. The van der Waals surface area contributed by atoms with Gasteiger partial charge in [0.05, 0.1) is 13.0 Å². The van der Waals surface area contributed by atoms with Gasteiger partial charge in [0.2, 0.25) is 17.7 Å². The van der Waals surface area contributed by atoms with Crippen molar-refractivity contribution in [2.75, 3.05) is 6.61 Å². The van der Waals surface area contributed by atoms with E-state index in [1.54, 1.807) is 0 Å². The second kappa shape index (κ2) is 30.3. The van der Waals surface area contributed by atoms with Crippen molar-refractivity contribution < 1.29 is 87.9 Å². The first-order valence-electron chi connectivity index (χ1n) is 20.4. The normalized spacial score (nSPS) is 14.3. The molecule has 23 nitrogen and oxygen atoms in total. The molecule has 0 spiro atoms. The van der Waals surface area contributed by atoms with Crippen LogP contribution in [0.4, 0.5) is 0 Å². The number of nitrogens with one attached hydrogen (secondary N) is 4. The van der Waals surface area contributed by atoms with Crippen molar-refractivity contribution in [2.45, 2.75) is 165 Å². The molecule has 1 aliphatic heterocycles. The average Bonchev–Trinajstić information content (AvgIpc) is 3.50. The van der Waals surface area contributed by atoms with Crippen molar-refractivity contribution in [3.8, 4) is 0 Å². The standard InChI is InChI=1S/C38H59N5O18/c44-28(39-24(35(52)53)14-18-29(45)41-26(37(56)57)16-22-34(51)61-43-31(47)20-21-32(43)48)17-13-25(36(54)55)40-30(46)19-15-27(38(58)59)42-60-23-11-9-7-5-3-1-2-4-6-8-10-12-33(49)50/h24-27,42H,1-23H2,(H,39,44)(H,40,46)(H,41,45)(H,49,50)(H,52,53)(H,54,55)(H,56,57)(H,58,59)/t24-,25-,26-,27-/m0/s1. The maximum Gasteiger partial charge on any atom is 0.333 e. The maximum atomic E-state index is 12.5. The zero-order chi connectivity index (χ0) is 45.7. The number of amides is 5. The summed E-state index contributed by atoms with van der Waals surface area (Å²) in [5, 5.41) is 53.4. The van der Waals surface area contributed by atoms with E-state index in [4.69, 9.17) is 9.94 Å². The zero-order valence-corrected chi connectivity index (χ0v) is 34.1. The van der Waals surface area contributed by atoms with Gasteiger partial charge in [-0.05, 0) is 38.5 Å². The lowest BCUT2D eigenvalue weighted by Crippen LogP contribution is -2.45. The highest BCUT2D eigenvalue weighted by Gasteiger charge is 2.33. The topological polar surface area (TPSA) is 359 Å². The molecule has 5 amide bonds. The Labute approximate surface area is 351 Å². The average molecular weight is 874 g/mol. The number of carboxylic acid groups (broad SMARTS) is 5. The number of hydroxylamine groups is 3. The van der Waals surface area contributed by atoms with Gasteiger partial charge in [0, 0.05) is 38.5 Å². The van der Waals surface area contributed by atoms with Crippen molar-refractivity contribution in [1.29, 1.82) is 0 Å². The molecular formula is C38H59N5O18. The van der Waals surface area contributed by atoms with Crippen LogP contribution in [0.3, 0.4) is 0 Å². The minimum atomic E-state index is -1.66. The minimum Gasteiger partial charge on any atom is -0.481 e. The van der Waals surface area contributed by atoms with E-state index in [1.807, 2.05) is 0 Å². The van der Waals surface area contributed by atoms with Crippen molar-refractivity contribution in [1.82, 2.24) is 26.5 Å². The third-order valence-electron chi connectivity index (χ3n) is 9.38. The van der Waals surface area contributed by atoms with Crippen LogP contribution in [0.15, 0.2) is 0 Å². The van der Waals surface area contributed by atoms with Crippen LogP contribution >= 0.6 is 0 Å². The summed E-state index contributed by atoms with van der Waals surface area (Å²) in [6, 6.07) is -6.18. The number of nitrogens with zero attached hydrogens (tertiary/aromatic N) is 1. The summed E-state index contributed by atoms with van der Waals surface area (Å²) < 4.78 is 0. The lowest BCUT2D eigenvalue weighted by molar-refractivity contribution is -0.197. The summed E-state index contributed by atoms with van der Waals surface area (Å²) in [6.45, 7) is 0.228. The predicted octanol–water partition coefficient (Wildman–Crippen LogP) is 1.16. The molecule has 23 heteroatoms. The summed E-state index contributed by atoms with van der Waals surface area (Å²) in [6.07, 6.45) is 6.55. The molecule has 344 valence electrons. The van der Waals surface area contributed by atoms with Gasteiger partial charge in [0.25, 0.3) is 11.8 Å². The van der Waals surface area contributed by atoms with Crippen LogP contribution in [-0.4, -0.2) is 127 Å². The van der Waals surface area contributed by atoms with Crippen LogP contribution < -0.4 is 21.4 Å². The molecule has 0 aromatic carbocycles. The van der Waals surface area contributed by atoms with Gasteiger partial charge in [-0.1, -0.05) is 57.8 Å². The van der Waals surface area contributed by atoms with Gasteiger partial charge in [-0.3, -0.25) is 33.6 Å². The van der Waals surface area contributed by atoms with Gasteiger partial charge in [0.15, 0.2) is 0 Å². The van der Waals surface area contributed by atoms with Gasteiger partial charge >= 0.3 is 35.8 Å². The molecule has 0 unspecified atom stereocenters. The summed E-state index contributed by atoms with van der Waals surface area (Å²) in [5.74, 6) is -12.0. The monoisotopic (exact) mass is 873 g/mol. The van der Waals surface area contributed by atoms with E-state index in [0.29, 0.717) is 12.8 Å². The first-order chi connectivity index (χ1) is 28.9. The molecule has 1 saturated heterocycles. The van der Waals surface area contributed by atoms with Crippen LogP contribution in [-0.2, 0) is 62.4 Å². The SMILES string of the molecule is O=C(O)CCCCCCCCCCCCCON[C@@H](CCC(=O)N[C@@H](CCC(=O)N[C@@H](CCC(=O)N[C@@H](CCC(=O)ON1C(=O)CCC1=O)C(=O)O)C(=O)O)C(=O)O)C(=O)O. The fourth-order valence-corrected chi connectivity index (χ4v) is 5.90. The van der Waals surface area contributed by atoms with Gasteiger partial charge in [-0.25, -0.2) is 19.2 Å². The molecule has 1 heterocycles. The Hall–Kier alpha value is -5.71.